The van der Waals surface area contributed by atoms with Gasteiger partial charge in [-0.3, -0.25) is 14.6 Å². The minimum atomic E-state index is -4.51. The summed E-state index contributed by atoms with van der Waals surface area (Å²) in [7, 11) is 0. The van der Waals surface area contributed by atoms with E-state index in [1.807, 2.05) is 26.0 Å². The summed E-state index contributed by atoms with van der Waals surface area (Å²) in [6.07, 6.45) is -3.37. The van der Waals surface area contributed by atoms with Gasteiger partial charge in [-0.1, -0.05) is 24.3 Å². The number of nitrogens with zero attached hydrogens (tertiary/aromatic N) is 2. The summed E-state index contributed by atoms with van der Waals surface area (Å²) < 4.78 is 39.6. The molecule has 3 aromatic carbocycles. The molecule has 14 heteroatoms. The third-order valence-corrected chi connectivity index (χ3v) is 10.0. The number of pyridine rings is 1. The first-order valence-corrected chi connectivity index (χ1v) is 19.7. The Morgan fingerprint density at radius 2 is 1.31 bits per heavy atom. The van der Waals surface area contributed by atoms with Crippen LogP contribution in [0.4, 0.5) is 24.5 Å². The molecule has 0 aliphatic heterocycles. The number of nitrogens with one attached hydrogen (secondary N) is 2. The van der Waals surface area contributed by atoms with E-state index < -0.39 is 48.0 Å². The largest absolute Gasteiger partial charge is 0.416 e. The summed E-state index contributed by atoms with van der Waals surface area (Å²) in [5, 5.41) is 55.7. The zero-order valence-electron chi connectivity index (χ0n) is 33.0. The molecular weight excluding hydrogens is 753 g/mol. The van der Waals surface area contributed by atoms with Crippen molar-refractivity contribution in [2.24, 2.45) is 0 Å². The second-order valence-electron chi connectivity index (χ2n) is 14.4. The molecule has 0 fully saturated rings. The maximum Gasteiger partial charge on any atom is 0.416 e. The van der Waals surface area contributed by atoms with Crippen molar-refractivity contribution in [1.29, 1.82) is 0 Å². The fraction of sp³-hybridized carbons (Fsp3) is 0.432. The molecule has 0 aliphatic carbocycles. The number of benzene rings is 3. The molecule has 7 N–H and O–H groups in total. The van der Waals surface area contributed by atoms with Gasteiger partial charge < -0.3 is 41.1 Å². The van der Waals surface area contributed by atoms with Gasteiger partial charge in [0, 0.05) is 54.8 Å². The topological polar surface area (TPSA) is 175 Å². The summed E-state index contributed by atoms with van der Waals surface area (Å²) in [5.74, 6) is -0.928. The number of carbonyl (C=O) groups excluding carboxylic acids is 2. The molecule has 0 saturated carbocycles. The number of amides is 2. The molecular formula is C44H55F3N4O7. The minimum Gasteiger partial charge on any atom is -0.396 e. The van der Waals surface area contributed by atoms with Crippen molar-refractivity contribution in [3.05, 3.63) is 113 Å². The van der Waals surface area contributed by atoms with E-state index >= 15 is 0 Å². The molecule has 314 valence electrons. The maximum absolute atomic E-state index is 13.7. The van der Waals surface area contributed by atoms with Gasteiger partial charge in [0.05, 0.1) is 41.4 Å². The first-order valence-electron chi connectivity index (χ1n) is 19.7. The Hall–Kier alpha value is -4.86. The third-order valence-electron chi connectivity index (χ3n) is 10.0. The zero-order chi connectivity index (χ0) is 42.2. The Morgan fingerprint density at radius 3 is 1.95 bits per heavy atom. The van der Waals surface area contributed by atoms with E-state index in [4.69, 9.17) is 5.11 Å². The molecule has 58 heavy (non-hydrogen) atoms. The Balaban J connectivity index is 1.42. The molecule has 4 atom stereocenters. The molecule has 1 aromatic heterocycles. The predicted molar refractivity (Wildman–Crippen MR) is 217 cm³/mol. The standard InChI is InChI=1S/C44H55F3N4O7/c1-3-51(4-2)34-11-18-40(39(27-34)41-26-32(19-21-48-41)42(57)49-28-30-8-6-10-33(24-30)44(45,46)47)50-43(58)31-9-5-7-29(23-31)25-38(56)17-16-36(54)13-12-35(53)14-15-37(55)20-22-52/h5-11,18-19,21,23-24,26-27,35-38,52-56H,3-4,12-17,20,22,25,28H2,1-2H3,(H,49,57)(H,50,58). The van der Waals surface area contributed by atoms with Crippen molar-refractivity contribution in [2.75, 3.05) is 29.9 Å². The molecule has 2 amide bonds. The van der Waals surface area contributed by atoms with Crippen molar-refractivity contribution in [2.45, 2.75) is 102 Å². The van der Waals surface area contributed by atoms with Crippen LogP contribution in [-0.4, -0.2) is 86.4 Å². The number of aromatic nitrogens is 1. The lowest BCUT2D eigenvalue weighted by atomic mass is 9.98. The van der Waals surface area contributed by atoms with Crippen molar-refractivity contribution in [3.63, 3.8) is 0 Å². The molecule has 0 spiro atoms. The smallest absolute Gasteiger partial charge is 0.396 e. The highest BCUT2D eigenvalue weighted by atomic mass is 19.4. The van der Waals surface area contributed by atoms with Crippen LogP contribution in [-0.2, 0) is 19.1 Å². The molecule has 0 saturated heterocycles. The Kier molecular flexibility index (Phi) is 17.6. The van der Waals surface area contributed by atoms with E-state index in [0.29, 0.717) is 85.2 Å². The number of carbonyl (C=O) groups is 2. The van der Waals surface area contributed by atoms with Crippen LogP contribution in [0.5, 0.6) is 0 Å². The number of anilines is 2. The number of hydrogen-bond donors (Lipinski definition) is 7. The van der Waals surface area contributed by atoms with Gasteiger partial charge in [-0.15, -0.1) is 0 Å². The number of alkyl halides is 3. The van der Waals surface area contributed by atoms with Crippen molar-refractivity contribution < 1.29 is 48.3 Å². The normalized spacial score (nSPS) is 13.7. The van der Waals surface area contributed by atoms with E-state index in [-0.39, 0.29) is 31.6 Å². The van der Waals surface area contributed by atoms with Crippen LogP contribution >= 0.6 is 0 Å². The van der Waals surface area contributed by atoms with Crippen LogP contribution in [0.25, 0.3) is 11.3 Å². The summed E-state index contributed by atoms with van der Waals surface area (Å²) in [5.41, 5.74) is 3.01. The molecule has 0 bridgehead atoms. The summed E-state index contributed by atoms with van der Waals surface area (Å²) in [4.78, 5) is 33.5. The molecule has 4 rings (SSSR count). The highest BCUT2D eigenvalue weighted by Gasteiger charge is 2.30. The van der Waals surface area contributed by atoms with Crippen LogP contribution in [0, 0.1) is 0 Å². The SMILES string of the molecule is CCN(CC)c1ccc(NC(=O)c2cccc(CC(O)CCC(O)CCC(O)CCC(O)CCO)c2)c(-c2cc(C(=O)NCc3cccc(C(F)(F)F)c3)ccn2)c1. The summed E-state index contributed by atoms with van der Waals surface area (Å²) in [6.45, 7) is 5.22. The Bertz CT molecular complexity index is 1920. The first kappa shape index (κ1) is 45.8. The van der Waals surface area contributed by atoms with E-state index in [1.165, 1.54) is 24.4 Å². The number of halogens is 3. The number of aliphatic hydroxyl groups excluding tert-OH is 5. The van der Waals surface area contributed by atoms with Gasteiger partial charge in [0.2, 0.25) is 0 Å². The third kappa shape index (κ3) is 14.2. The monoisotopic (exact) mass is 808 g/mol. The van der Waals surface area contributed by atoms with Crippen LogP contribution in [0.15, 0.2) is 85.1 Å². The van der Waals surface area contributed by atoms with Gasteiger partial charge >= 0.3 is 6.18 Å². The Morgan fingerprint density at radius 1 is 0.707 bits per heavy atom. The van der Waals surface area contributed by atoms with Gasteiger partial charge in [0.15, 0.2) is 0 Å². The van der Waals surface area contributed by atoms with Crippen LogP contribution in [0.1, 0.15) is 96.2 Å². The van der Waals surface area contributed by atoms with Crippen molar-refractivity contribution in [1.82, 2.24) is 10.3 Å². The molecule has 1 heterocycles. The highest BCUT2D eigenvalue weighted by molar-refractivity contribution is 6.06. The van der Waals surface area contributed by atoms with Gasteiger partial charge in [0.25, 0.3) is 11.8 Å². The van der Waals surface area contributed by atoms with E-state index in [9.17, 15) is 43.2 Å². The lowest BCUT2D eigenvalue weighted by Gasteiger charge is -2.23. The van der Waals surface area contributed by atoms with Gasteiger partial charge in [-0.2, -0.15) is 13.2 Å². The molecule has 0 radical (unpaired) electrons. The summed E-state index contributed by atoms with van der Waals surface area (Å²) in [6, 6.07) is 20.2. The number of aliphatic hydroxyl groups is 5. The molecule has 4 unspecified atom stereocenters. The molecule has 4 aromatic rings. The second kappa shape index (κ2) is 22.3. The number of rotatable bonds is 22. The lowest BCUT2D eigenvalue weighted by Crippen LogP contribution is -2.23. The van der Waals surface area contributed by atoms with E-state index in [1.54, 1.807) is 36.4 Å². The van der Waals surface area contributed by atoms with E-state index in [2.05, 4.69) is 20.5 Å². The van der Waals surface area contributed by atoms with Crippen molar-refractivity contribution >= 4 is 23.2 Å². The zero-order valence-corrected chi connectivity index (χ0v) is 33.0. The maximum atomic E-state index is 13.7. The van der Waals surface area contributed by atoms with Crippen LogP contribution < -0.4 is 15.5 Å². The fourth-order valence-corrected chi connectivity index (χ4v) is 6.64. The average Bonchev–Trinajstić information content (AvgIpc) is 3.21. The van der Waals surface area contributed by atoms with Gasteiger partial charge in [-0.05, 0) is 131 Å². The molecule has 11 nitrogen and oxygen atoms in total. The van der Waals surface area contributed by atoms with Crippen molar-refractivity contribution in [3.8, 4) is 11.3 Å². The highest BCUT2D eigenvalue weighted by Crippen LogP contribution is 2.33. The fourth-order valence-electron chi connectivity index (χ4n) is 6.64. The van der Waals surface area contributed by atoms with E-state index in [0.717, 1.165) is 17.8 Å². The second-order valence-corrected chi connectivity index (χ2v) is 14.4. The lowest BCUT2D eigenvalue weighted by molar-refractivity contribution is -0.137. The summed E-state index contributed by atoms with van der Waals surface area (Å²) >= 11 is 0. The quantitative estimate of drug-likeness (QED) is 0.0467. The molecule has 0 aliphatic rings. The van der Waals surface area contributed by atoms with Crippen LogP contribution in [0.3, 0.4) is 0 Å². The Labute approximate surface area is 337 Å². The number of hydrogen-bond acceptors (Lipinski definition) is 9. The van der Waals surface area contributed by atoms with Gasteiger partial charge in [0.1, 0.15) is 0 Å². The minimum absolute atomic E-state index is 0.121. The predicted octanol–water partition coefficient (Wildman–Crippen LogP) is 6.51. The van der Waals surface area contributed by atoms with Gasteiger partial charge in [-0.25, -0.2) is 0 Å². The average molecular weight is 809 g/mol. The van der Waals surface area contributed by atoms with Crippen LogP contribution in [0.2, 0.25) is 0 Å². The first-order chi connectivity index (χ1) is 27.7.